The standard InChI is InChI=1S/C29H22Cl3NO4/c30-23-2-1-3-24(31)26(23)27-22(28(37-33-27)16-6-7-16)14-36-18-10-11-19(25(32)12-18)21-13-20(21)15-4-8-17(9-5-15)29(34)35/h1-5,8-12,16,20-21H,6-7,13-14H2,(H,34,35)/t20-,21-/m0/s1. The lowest BCUT2D eigenvalue weighted by atomic mass is 10.0. The largest absolute Gasteiger partial charge is 0.489 e. The molecule has 0 aliphatic heterocycles. The van der Waals surface area contributed by atoms with Crippen molar-refractivity contribution in [2.24, 2.45) is 0 Å². The number of nitrogens with zero attached hydrogens (tertiary/aromatic N) is 1. The van der Waals surface area contributed by atoms with Crippen molar-refractivity contribution in [2.45, 2.75) is 43.6 Å². The first-order valence-electron chi connectivity index (χ1n) is 12.1. The van der Waals surface area contributed by atoms with Gasteiger partial charge in [0, 0.05) is 16.5 Å². The first kappa shape index (κ1) is 24.4. The maximum absolute atomic E-state index is 11.1. The lowest BCUT2D eigenvalue weighted by molar-refractivity contribution is 0.0697. The van der Waals surface area contributed by atoms with Gasteiger partial charge in [-0.05, 0) is 78.6 Å². The molecule has 5 nitrogen and oxygen atoms in total. The number of hydrogen-bond acceptors (Lipinski definition) is 4. The number of benzene rings is 3. The van der Waals surface area contributed by atoms with E-state index in [4.69, 9.17) is 49.2 Å². The van der Waals surface area contributed by atoms with Crippen LogP contribution in [-0.2, 0) is 6.61 Å². The van der Waals surface area contributed by atoms with Gasteiger partial charge < -0.3 is 14.4 Å². The van der Waals surface area contributed by atoms with Gasteiger partial charge in [-0.25, -0.2) is 4.79 Å². The molecule has 0 bridgehead atoms. The van der Waals surface area contributed by atoms with Gasteiger partial charge in [0.25, 0.3) is 0 Å². The average molecular weight is 555 g/mol. The molecule has 2 saturated carbocycles. The molecule has 0 unspecified atom stereocenters. The van der Waals surface area contributed by atoms with Crippen LogP contribution in [-0.4, -0.2) is 16.2 Å². The van der Waals surface area contributed by atoms with E-state index in [9.17, 15) is 4.79 Å². The normalized spacial score (nSPS) is 18.6. The number of carboxylic acid groups (broad SMARTS) is 1. The van der Waals surface area contributed by atoms with Crippen molar-refractivity contribution in [3.8, 4) is 17.0 Å². The van der Waals surface area contributed by atoms with E-state index in [1.807, 2.05) is 30.3 Å². The smallest absolute Gasteiger partial charge is 0.335 e. The average Bonchev–Trinajstić information content (AvgIpc) is 3.81. The third-order valence-electron chi connectivity index (χ3n) is 7.10. The van der Waals surface area contributed by atoms with Crippen molar-refractivity contribution >= 4 is 40.8 Å². The molecule has 2 atom stereocenters. The van der Waals surface area contributed by atoms with Crippen LogP contribution in [0.3, 0.4) is 0 Å². The molecule has 1 heterocycles. The zero-order valence-electron chi connectivity index (χ0n) is 19.6. The quantitative estimate of drug-likeness (QED) is 0.236. The number of carboxylic acids is 1. The molecule has 0 amide bonds. The second-order valence-electron chi connectivity index (χ2n) is 9.59. The topological polar surface area (TPSA) is 72.6 Å². The number of rotatable bonds is 8. The van der Waals surface area contributed by atoms with E-state index >= 15 is 0 Å². The van der Waals surface area contributed by atoms with Crippen LogP contribution in [0.25, 0.3) is 11.3 Å². The van der Waals surface area contributed by atoms with E-state index in [-0.39, 0.29) is 12.2 Å². The second-order valence-corrected chi connectivity index (χ2v) is 10.8. The van der Waals surface area contributed by atoms with Crippen molar-refractivity contribution in [1.29, 1.82) is 0 Å². The number of hydrogen-bond donors (Lipinski definition) is 1. The van der Waals surface area contributed by atoms with Crippen molar-refractivity contribution in [3.05, 3.63) is 104 Å². The summed E-state index contributed by atoms with van der Waals surface area (Å²) in [5.41, 5.74) is 4.58. The number of halogens is 3. The molecule has 4 aromatic rings. The number of ether oxygens (including phenoxy) is 1. The molecule has 1 aromatic heterocycles. The van der Waals surface area contributed by atoms with Gasteiger partial charge in [0.1, 0.15) is 23.8 Å². The minimum Gasteiger partial charge on any atom is -0.489 e. The maximum Gasteiger partial charge on any atom is 0.335 e. The summed E-state index contributed by atoms with van der Waals surface area (Å²) < 4.78 is 11.9. The van der Waals surface area contributed by atoms with Crippen molar-refractivity contribution in [3.63, 3.8) is 0 Å². The van der Waals surface area contributed by atoms with Crippen LogP contribution in [0.15, 0.2) is 65.2 Å². The van der Waals surface area contributed by atoms with Crippen molar-refractivity contribution < 1.29 is 19.2 Å². The maximum atomic E-state index is 11.1. The van der Waals surface area contributed by atoms with Crippen LogP contribution in [0.4, 0.5) is 0 Å². The van der Waals surface area contributed by atoms with Crippen LogP contribution in [0, 0.1) is 0 Å². The molecule has 2 fully saturated rings. The lowest BCUT2D eigenvalue weighted by Crippen LogP contribution is -2.00. The Balaban J connectivity index is 1.19. The summed E-state index contributed by atoms with van der Waals surface area (Å²) in [6, 6.07) is 18.2. The molecule has 2 aliphatic rings. The van der Waals surface area contributed by atoms with Crippen molar-refractivity contribution in [1.82, 2.24) is 5.16 Å². The minimum absolute atomic E-state index is 0.254. The minimum atomic E-state index is -0.921. The first-order chi connectivity index (χ1) is 17.9. The summed E-state index contributed by atoms with van der Waals surface area (Å²) in [5, 5.41) is 15.1. The molecule has 0 spiro atoms. The SMILES string of the molecule is O=C(O)c1ccc([C@@H]2C[C@H]2c2ccc(OCc3c(-c4c(Cl)cccc4Cl)noc3C3CC3)cc2Cl)cc1. The van der Waals surface area contributed by atoms with Gasteiger partial charge >= 0.3 is 5.97 Å². The molecular weight excluding hydrogens is 533 g/mol. The van der Waals surface area contributed by atoms with E-state index in [2.05, 4.69) is 5.16 Å². The third kappa shape index (κ3) is 4.84. The Morgan fingerprint density at radius 2 is 1.70 bits per heavy atom. The van der Waals surface area contributed by atoms with Gasteiger partial charge in [-0.2, -0.15) is 0 Å². The molecule has 8 heteroatoms. The molecule has 1 N–H and O–H groups in total. The first-order valence-corrected chi connectivity index (χ1v) is 13.2. The highest BCUT2D eigenvalue weighted by Crippen LogP contribution is 2.56. The van der Waals surface area contributed by atoms with E-state index in [1.54, 1.807) is 30.3 Å². The summed E-state index contributed by atoms with van der Waals surface area (Å²) in [4.78, 5) is 11.1. The molecule has 188 valence electrons. The summed E-state index contributed by atoms with van der Waals surface area (Å²) in [6.45, 7) is 0.254. The molecule has 3 aromatic carbocycles. The molecule has 0 radical (unpaired) electrons. The Bertz CT molecular complexity index is 1470. The highest BCUT2D eigenvalue weighted by atomic mass is 35.5. The van der Waals surface area contributed by atoms with Gasteiger partial charge in [-0.15, -0.1) is 0 Å². The Morgan fingerprint density at radius 1 is 0.973 bits per heavy atom. The van der Waals surface area contributed by atoms with E-state index in [0.29, 0.717) is 49.8 Å². The molecule has 0 saturated heterocycles. The predicted molar refractivity (Wildman–Crippen MR) is 143 cm³/mol. The van der Waals surface area contributed by atoms with Crippen LogP contribution < -0.4 is 4.74 Å². The fourth-order valence-electron chi connectivity index (χ4n) is 4.88. The highest BCUT2D eigenvalue weighted by Gasteiger charge is 2.40. The van der Waals surface area contributed by atoms with E-state index in [1.165, 1.54) is 0 Å². The summed E-state index contributed by atoms with van der Waals surface area (Å²) in [7, 11) is 0. The molecular formula is C29H22Cl3NO4. The lowest BCUT2D eigenvalue weighted by Gasteiger charge is -2.11. The molecule has 2 aliphatic carbocycles. The fourth-order valence-corrected chi connectivity index (χ4v) is 5.77. The Hall–Kier alpha value is -2.99. The van der Waals surface area contributed by atoms with Gasteiger partial charge in [0.05, 0.1) is 21.2 Å². The third-order valence-corrected chi connectivity index (χ3v) is 8.05. The van der Waals surface area contributed by atoms with Crippen LogP contribution in [0.5, 0.6) is 5.75 Å². The van der Waals surface area contributed by atoms with Gasteiger partial charge in [0.2, 0.25) is 0 Å². The zero-order valence-corrected chi connectivity index (χ0v) is 21.9. The number of carbonyl (C=O) groups is 1. The Labute approximate surface area is 228 Å². The van der Waals surface area contributed by atoms with Crippen LogP contribution in [0.2, 0.25) is 15.1 Å². The summed E-state index contributed by atoms with van der Waals surface area (Å²) in [5.74, 6) is 1.51. The van der Waals surface area contributed by atoms with Crippen LogP contribution in [0.1, 0.15) is 69.8 Å². The van der Waals surface area contributed by atoms with Gasteiger partial charge in [-0.1, -0.05) is 64.2 Å². The summed E-state index contributed by atoms with van der Waals surface area (Å²) >= 11 is 19.6. The summed E-state index contributed by atoms with van der Waals surface area (Å²) in [6.07, 6.45) is 3.08. The Kier molecular flexibility index (Phi) is 6.39. The predicted octanol–water partition coefficient (Wildman–Crippen LogP) is 8.73. The highest BCUT2D eigenvalue weighted by molar-refractivity contribution is 6.39. The molecule has 6 rings (SSSR count). The second kappa shape index (κ2) is 9.71. The van der Waals surface area contributed by atoms with Crippen molar-refractivity contribution in [2.75, 3.05) is 0 Å². The van der Waals surface area contributed by atoms with Gasteiger partial charge in [0.15, 0.2) is 0 Å². The fraction of sp³-hybridized carbons (Fsp3) is 0.241. The molecule has 37 heavy (non-hydrogen) atoms. The number of aromatic carboxylic acids is 1. The monoisotopic (exact) mass is 553 g/mol. The number of aromatic nitrogens is 1. The Morgan fingerprint density at radius 3 is 2.35 bits per heavy atom. The zero-order chi connectivity index (χ0) is 25.7. The van der Waals surface area contributed by atoms with Crippen LogP contribution >= 0.6 is 34.8 Å². The van der Waals surface area contributed by atoms with Gasteiger partial charge in [-0.3, -0.25) is 0 Å². The van der Waals surface area contributed by atoms with E-state index < -0.39 is 5.97 Å². The van der Waals surface area contributed by atoms with E-state index in [0.717, 1.165) is 41.7 Å².